The molecule has 0 radical (unpaired) electrons. The lowest BCUT2D eigenvalue weighted by molar-refractivity contribution is -0.118. The van der Waals surface area contributed by atoms with Crippen molar-refractivity contribution in [3.05, 3.63) is 119 Å². The van der Waals surface area contributed by atoms with E-state index in [1.807, 2.05) is 102 Å². The minimum atomic E-state index is -0.270. The van der Waals surface area contributed by atoms with Crippen molar-refractivity contribution in [2.45, 2.75) is 11.8 Å². The van der Waals surface area contributed by atoms with Crippen molar-refractivity contribution >= 4 is 39.8 Å². The van der Waals surface area contributed by atoms with Gasteiger partial charge in [0, 0.05) is 15.7 Å². The highest BCUT2D eigenvalue weighted by Gasteiger charge is 2.17. The van der Waals surface area contributed by atoms with E-state index in [1.54, 1.807) is 19.4 Å². The van der Waals surface area contributed by atoms with Crippen molar-refractivity contribution in [2.75, 3.05) is 12.9 Å². The van der Waals surface area contributed by atoms with Crippen LogP contribution >= 0.6 is 27.7 Å². The average Bonchev–Trinajstić information content (AvgIpc) is 3.44. The summed E-state index contributed by atoms with van der Waals surface area (Å²) in [5, 5.41) is 13.5. The fourth-order valence-electron chi connectivity index (χ4n) is 3.92. The number of amides is 1. The molecule has 4 aromatic carbocycles. The Labute approximate surface area is 250 Å². The maximum Gasteiger partial charge on any atom is 0.250 e. The number of carbonyl (C=O) groups is 1. The van der Waals surface area contributed by atoms with Crippen LogP contribution in [0.4, 0.5) is 0 Å². The van der Waals surface area contributed by atoms with Crippen LogP contribution < -0.4 is 14.9 Å². The van der Waals surface area contributed by atoms with Crippen molar-refractivity contribution in [3.8, 4) is 28.6 Å². The molecule has 41 heavy (non-hydrogen) atoms. The van der Waals surface area contributed by atoms with Gasteiger partial charge in [0.05, 0.1) is 19.1 Å². The number of hydrogen-bond acceptors (Lipinski definition) is 7. The lowest BCUT2D eigenvalue weighted by Crippen LogP contribution is -2.20. The summed E-state index contributed by atoms with van der Waals surface area (Å²) in [5.74, 6) is 1.73. The van der Waals surface area contributed by atoms with Gasteiger partial charge in [-0.2, -0.15) is 5.10 Å². The molecule has 206 valence electrons. The molecular weight excluding hydrogens is 602 g/mol. The largest absolute Gasteiger partial charge is 0.493 e. The van der Waals surface area contributed by atoms with Crippen molar-refractivity contribution < 1.29 is 14.3 Å². The van der Waals surface area contributed by atoms with E-state index in [9.17, 15) is 4.79 Å². The first-order chi connectivity index (χ1) is 20.1. The molecule has 0 atom stereocenters. The van der Waals surface area contributed by atoms with Crippen molar-refractivity contribution in [3.63, 3.8) is 0 Å². The minimum Gasteiger partial charge on any atom is -0.493 e. The van der Waals surface area contributed by atoms with Gasteiger partial charge in [0.2, 0.25) is 0 Å². The molecule has 0 spiro atoms. The summed E-state index contributed by atoms with van der Waals surface area (Å²) in [6, 6.07) is 33.0. The third-order valence-corrected chi connectivity index (χ3v) is 7.37. The van der Waals surface area contributed by atoms with E-state index < -0.39 is 0 Å². The molecule has 0 fully saturated rings. The molecule has 10 heteroatoms. The second-order valence-electron chi connectivity index (χ2n) is 8.75. The van der Waals surface area contributed by atoms with Crippen LogP contribution in [-0.4, -0.2) is 39.7 Å². The molecule has 0 aliphatic carbocycles. The first kappa shape index (κ1) is 28.1. The van der Waals surface area contributed by atoms with Crippen LogP contribution in [-0.2, 0) is 11.4 Å². The molecule has 0 unspecified atom stereocenters. The van der Waals surface area contributed by atoms with Crippen molar-refractivity contribution in [2.24, 2.45) is 5.10 Å². The number of rotatable bonds is 11. The summed E-state index contributed by atoms with van der Waals surface area (Å²) in [6.07, 6.45) is 1.56. The number of carbonyl (C=O) groups excluding carboxylic acids is 1. The Kier molecular flexibility index (Phi) is 9.45. The summed E-state index contributed by atoms with van der Waals surface area (Å²) >= 11 is 4.76. The maximum atomic E-state index is 12.6. The predicted octanol–water partition coefficient (Wildman–Crippen LogP) is 6.53. The molecule has 1 heterocycles. The van der Waals surface area contributed by atoms with Crippen molar-refractivity contribution in [1.29, 1.82) is 0 Å². The van der Waals surface area contributed by atoms with Gasteiger partial charge in [0.25, 0.3) is 5.91 Å². The molecule has 0 bridgehead atoms. The highest BCUT2D eigenvalue weighted by atomic mass is 79.9. The van der Waals surface area contributed by atoms with E-state index in [-0.39, 0.29) is 11.7 Å². The second-order valence-corrected chi connectivity index (χ2v) is 10.6. The number of aromatic nitrogens is 3. The van der Waals surface area contributed by atoms with Gasteiger partial charge in [-0.05, 0) is 53.6 Å². The Balaban J connectivity index is 1.23. The molecule has 0 aliphatic rings. The molecule has 5 aromatic rings. The van der Waals surface area contributed by atoms with E-state index in [0.29, 0.717) is 29.1 Å². The van der Waals surface area contributed by atoms with Gasteiger partial charge < -0.3 is 9.47 Å². The smallest absolute Gasteiger partial charge is 0.250 e. The molecule has 0 saturated carbocycles. The standard InChI is InChI=1S/C31H26BrN5O3S/c1-39-27-17-12-23(18-28(27)40-20-22-8-4-2-5-9-22)19-33-34-29(38)21-41-31-36-35-30(24-13-15-25(32)16-14-24)37(31)26-10-6-3-7-11-26/h2-19H,20-21H2,1H3,(H,34,38)/b33-19-. The third kappa shape index (κ3) is 7.41. The number of hydrazone groups is 1. The summed E-state index contributed by atoms with van der Waals surface area (Å²) in [7, 11) is 1.59. The van der Waals surface area contributed by atoms with Gasteiger partial charge in [0.15, 0.2) is 22.5 Å². The molecule has 1 aromatic heterocycles. The lowest BCUT2D eigenvalue weighted by atomic mass is 10.2. The van der Waals surface area contributed by atoms with Gasteiger partial charge in [-0.15, -0.1) is 10.2 Å². The van der Waals surface area contributed by atoms with Gasteiger partial charge in [-0.25, -0.2) is 5.43 Å². The number of thioether (sulfide) groups is 1. The Bertz CT molecular complexity index is 1630. The predicted molar refractivity (Wildman–Crippen MR) is 165 cm³/mol. The minimum absolute atomic E-state index is 0.108. The molecular formula is C31H26BrN5O3S. The Morgan fingerprint density at radius 1 is 0.951 bits per heavy atom. The topological polar surface area (TPSA) is 90.6 Å². The number of nitrogens with zero attached hydrogens (tertiary/aromatic N) is 4. The zero-order valence-corrected chi connectivity index (χ0v) is 24.5. The van der Waals surface area contributed by atoms with Crippen LogP contribution in [0.5, 0.6) is 11.5 Å². The molecule has 5 rings (SSSR count). The Morgan fingerprint density at radius 2 is 1.68 bits per heavy atom. The first-order valence-electron chi connectivity index (χ1n) is 12.7. The number of para-hydroxylation sites is 1. The zero-order valence-electron chi connectivity index (χ0n) is 22.1. The number of nitrogens with one attached hydrogen (secondary N) is 1. The highest BCUT2D eigenvalue weighted by molar-refractivity contribution is 9.10. The molecule has 1 amide bonds. The van der Waals surface area contributed by atoms with E-state index in [0.717, 1.165) is 26.9 Å². The highest BCUT2D eigenvalue weighted by Crippen LogP contribution is 2.30. The third-order valence-electron chi connectivity index (χ3n) is 5.91. The average molecular weight is 629 g/mol. The van der Waals surface area contributed by atoms with Gasteiger partial charge in [-0.1, -0.05) is 88.4 Å². The van der Waals surface area contributed by atoms with Gasteiger partial charge in [-0.3, -0.25) is 9.36 Å². The van der Waals surface area contributed by atoms with Crippen LogP contribution in [0.2, 0.25) is 0 Å². The van der Waals surface area contributed by atoms with Crippen LogP contribution in [0.15, 0.2) is 118 Å². The molecule has 0 saturated heterocycles. The number of ether oxygens (including phenoxy) is 2. The van der Waals surface area contributed by atoms with Gasteiger partial charge in [0.1, 0.15) is 6.61 Å². The number of hydrogen-bond donors (Lipinski definition) is 1. The first-order valence-corrected chi connectivity index (χ1v) is 14.4. The number of benzene rings is 4. The van der Waals surface area contributed by atoms with Crippen LogP contribution in [0.1, 0.15) is 11.1 Å². The second kappa shape index (κ2) is 13.8. The van der Waals surface area contributed by atoms with E-state index in [4.69, 9.17) is 9.47 Å². The number of halogens is 1. The molecule has 8 nitrogen and oxygen atoms in total. The normalized spacial score (nSPS) is 11.0. The Morgan fingerprint density at radius 3 is 2.41 bits per heavy atom. The van der Waals surface area contributed by atoms with Crippen LogP contribution in [0.25, 0.3) is 17.1 Å². The summed E-state index contributed by atoms with van der Waals surface area (Å²) in [6.45, 7) is 0.406. The summed E-state index contributed by atoms with van der Waals surface area (Å²) < 4.78 is 14.3. The van der Waals surface area contributed by atoms with E-state index in [2.05, 4.69) is 36.7 Å². The van der Waals surface area contributed by atoms with Crippen LogP contribution in [0, 0.1) is 0 Å². The molecule has 0 aliphatic heterocycles. The Hall–Kier alpha value is -4.41. The number of methoxy groups -OCH3 is 1. The monoisotopic (exact) mass is 627 g/mol. The zero-order chi connectivity index (χ0) is 28.4. The van der Waals surface area contributed by atoms with Crippen molar-refractivity contribution in [1.82, 2.24) is 20.2 Å². The maximum absolute atomic E-state index is 12.6. The van der Waals surface area contributed by atoms with E-state index in [1.165, 1.54) is 11.8 Å². The molecule has 1 N–H and O–H groups in total. The lowest BCUT2D eigenvalue weighted by Gasteiger charge is -2.11. The van der Waals surface area contributed by atoms with Crippen LogP contribution in [0.3, 0.4) is 0 Å². The summed E-state index contributed by atoms with van der Waals surface area (Å²) in [4.78, 5) is 12.6. The fourth-order valence-corrected chi connectivity index (χ4v) is 4.93. The van der Waals surface area contributed by atoms with E-state index >= 15 is 0 Å². The SMILES string of the molecule is COc1ccc(/C=N\NC(=O)CSc2nnc(-c3ccc(Br)cc3)n2-c2ccccc2)cc1OCc1ccccc1. The van der Waals surface area contributed by atoms with Gasteiger partial charge >= 0.3 is 0 Å². The fraction of sp³-hybridized carbons (Fsp3) is 0.0968. The quantitative estimate of drug-likeness (QED) is 0.102. The summed E-state index contributed by atoms with van der Waals surface area (Å²) in [5.41, 5.74) is 6.21.